The van der Waals surface area contributed by atoms with E-state index in [4.69, 9.17) is 39.0 Å². The minimum Gasteiger partial charge on any atom is -0.258 e. The van der Waals surface area contributed by atoms with Gasteiger partial charge in [0.1, 0.15) is 91.2 Å². The van der Waals surface area contributed by atoms with Crippen molar-refractivity contribution in [1.29, 1.82) is 15.8 Å². The van der Waals surface area contributed by atoms with Crippen LogP contribution in [0.5, 0.6) is 0 Å². The molecule has 0 aromatic heterocycles. The average molecular weight is 1710 g/mol. The summed E-state index contributed by atoms with van der Waals surface area (Å²) in [7, 11) is 0. The molecule has 42 heteroatoms. The second-order valence-corrected chi connectivity index (χ2v) is 21.3. The van der Waals surface area contributed by atoms with Crippen LogP contribution in [0.4, 0.5) is 134 Å². The molecular weight excluding hydrogens is 1680 g/mol. The first-order valence-corrected chi connectivity index (χ1v) is 27.3. The first-order valence-electron chi connectivity index (χ1n) is 23.8. The van der Waals surface area contributed by atoms with E-state index in [2.05, 4.69) is 31.9 Å². The van der Waals surface area contributed by atoms with Crippen molar-refractivity contribution in [3.8, 4) is 18.2 Å². The smallest absolute Gasteiger partial charge is 0.258 e. The highest BCUT2D eigenvalue weighted by molar-refractivity contribution is 14.1. The van der Waals surface area contributed by atoms with E-state index < -0.39 is 231 Å². The number of rotatable bonds is 2. The van der Waals surface area contributed by atoms with Crippen molar-refractivity contribution in [2.45, 2.75) is 67.7 Å². The third-order valence-corrected chi connectivity index (χ3v) is 14.9. The molecule has 0 saturated carbocycles. The van der Waals surface area contributed by atoms with Crippen LogP contribution in [0.1, 0.15) is 72.3 Å². The van der Waals surface area contributed by atoms with Crippen molar-refractivity contribution in [3.05, 3.63) is 243 Å². The van der Waals surface area contributed by atoms with E-state index in [1.54, 1.807) is 0 Å². The third-order valence-electron chi connectivity index (χ3n) is 11.9. The molecule has 9 nitrogen and oxygen atoms in total. The number of hydrogen-bond donors (Lipinski definition) is 0. The van der Waals surface area contributed by atoms with Crippen LogP contribution < -0.4 is 0 Å². The lowest BCUT2D eigenvalue weighted by atomic mass is 10.0. The maximum Gasteiger partial charge on any atom is 0.422 e. The highest BCUT2D eigenvalue weighted by atomic mass is 127. The Morgan fingerprint density at radius 3 is 0.907 bits per heavy atom. The highest BCUT2D eigenvalue weighted by Gasteiger charge is 2.47. The highest BCUT2D eigenvalue weighted by Crippen LogP contribution is 2.43. The van der Waals surface area contributed by atoms with Gasteiger partial charge < -0.3 is 0 Å². The second-order valence-electron chi connectivity index (χ2n) is 17.9. The molecule has 7 aromatic carbocycles. The van der Waals surface area contributed by atoms with E-state index >= 15 is 0 Å². The molecule has 0 N–H and O–H groups in total. The summed E-state index contributed by atoms with van der Waals surface area (Å²) in [6, 6.07) is 3.89. The van der Waals surface area contributed by atoms with E-state index in [1.807, 2.05) is 0 Å². The predicted molar refractivity (Wildman–Crippen MR) is 298 cm³/mol. The quantitative estimate of drug-likeness (QED) is 0.0416. The average Bonchev–Trinajstić information content (AvgIpc) is 0.759. The molecule has 0 spiro atoms. The molecule has 7 rings (SSSR count). The summed E-state index contributed by atoms with van der Waals surface area (Å²) in [4.78, 5) is 17.6. The largest absolute Gasteiger partial charge is 0.422 e. The summed E-state index contributed by atoms with van der Waals surface area (Å²) in [5, 5.41) is 44.1. The summed E-state index contributed by atoms with van der Waals surface area (Å²) in [6.45, 7) is 7.84. The minimum absolute atomic E-state index is 0.154. The van der Waals surface area contributed by atoms with Crippen LogP contribution in [-0.2, 0) is 12.4 Å². The maximum absolute atomic E-state index is 13.1. The van der Waals surface area contributed by atoms with E-state index in [1.165, 1.54) is 54.6 Å². The van der Waals surface area contributed by atoms with Gasteiger partial charge >= 0.3 is 23.7 Å². The van der Waals surface area contributed by atoms with E-state index in [0.29, 0.717) is 6.92 Å². The van der Waals surface area contributed by atoms with Crippen molar-refractivity contribution in [2.24, 2.45) is 0 Å². The number of nitriles is 3. The lowest BCUT2D eigenvalue weighted by Crippen LogP contribution is -2.21. The summed E-state index contributed by atoms with van der Waals surface area (Å²) in [5.41, 5.74) is -16.2. The van der Waals surface area contributed by atoms with Gasteiger partial charge in [0, 0.05) is 44.5 Å². The summed E-state index contributed by atoms with van der Waals surface area (Å²) < 4.78 is 356. The van der Waals surface area contributed by atoms with Gasteiger partial charge in [-0.15, -0.1) is 0 Å². The molecule has 0 atom stereocenters. The number of nitro groups is 2. The number of hydrogen-bond acceptors (Lipinski definition) is 7. The van der Waals surface area contributed by atoms with Crippen LogP contribution in [-0.4, -0.2) is 9.85 Å². The molecule has 0 fully saturated rings. The summed E-state index contributed by atoms with van der Waals surface area (Å²) in [6.07, 6.45) is -11.4. The van der Waals surface area contributed by atoms with E-state index in [-0.39, 0.29) is 25.6 Å². The van der Waals surface area contributed by atoms with Crippen LogP contribution >= 0.6 is 77.7 Å². The van der Waals surface area contributed by atoms with Crippen molar-refractivity contribution in [3.63, 3.8) is 0 Å². The molecule has 524 valence electrons. The van der Waals surface area contributed by atoms with Gasteiger partial charge in [-0.1, -0.05) is 23.2 Å². The molecule has 0 aliphatic heterocycles. The van der Waals surface area contributed by atoms with Crippen LogP contribution in [0.2, 0.25) is 10.0 Å². The fraction of sp³-hybridized carbons (Fsp3) is 0.182. The molecule has 97 heavy (non-hydrogen) atoms. The molecule has 0 aliphatic carbocycles. The SMILES string of the molecule is Cc1c(F)c(Br)c(F)c(Br)c1F.Cc1c(F)c(C#N)c(F)c(C#N)c1F.Cc1c(F)c(C(F)(F)F)c(F)c(C(F)(F)F)c1F.Cc1c(F)c(C)c(C#N)c(F)c1F.Cc1c(F)c(Cl)c(F)c(Cl)c1F.Cc1c(F)c(F)c(I)c(F)c1F.Cc1c(F)c([N+](=O)[O-])c(F)c([N+](=O)[O-])c1F. The second kappa shape index (κ2) is 34.6. The normalized spacial score (nSPS) is 10.7. The molecule has 7 aromatic rings. The molecule has 0 amide bonds. The zero-order valence-electron chi connectivity index (χ0n) is 47.8. The Balaban J connectivity index is 0.000000569. The Bertz CT molecular complexity index is 3840. The first kappa shape index (κ1) is 87.1. The van der Waals surface area contributed by atoms with Crippen LogP contribution in [0, 0.1) is 241 Å². The Morgan fingerprint density at radius 2 is 0.598 bits per heavy atom. The summed E-state index contributed by atoms with van der Waals surface area (Å²) >= 11 is 16.9. The van der Waals surface area contributed by atoms with Crippen molar-refractivity contribution in [1.82, 2.24) is 0 Å². The van der Waals surface area contributed by atoms with E-state index in [9.17, 15) is 143 Å². The molecular formula is C55H24Br2Cl2F28IN5O4. The van der Waals surface area contributed by atoms with Gasteiger partial charge in [0.15, 0.2) is 69.8 Å². The molecule has 0 heterocycles. The Kier molecular flexibility index (Phi) is 31.0. The van der Waals surface area contributed by atoms with Gasteiger partial charge in [-0.3, -0.25) is 20.2 Å². The number of benzene rings is 7. The van der Waals surface area contributed by atoms with Gasteiger partial charge in [0.25, 0.3) is 5.82 Å². The van der Waals surface area contributed by atoms with Crippen molar-refractivity contribution >= 4 is 89.0 Å². The summed E-state index contributed by atoms with van der Waals surface area (Å²) in [5.74, 6) is -32.5. The van der Waals surface area contributed by atoms with Crippen LogP contribution in [0.15, 0.2) is 8.95 Å². The van der Waals surface area contributed by atoms with Crippen LogP contribution in [0.3, 0.4) is 0 Å². The molecule has 0 unspecified atom stereocenters. The molecule has 0 bridgehead atoms. The van der Waals surface area contributed by atoms with Gasteiger partial charge in [0.2, 0.25) is 11.6 Å². The first-order chi connectivity index (χ1) is 44.1. The predicted octanol–water partition coefficient (Wildman–Crippen LogP) is 22.2. The third kappa shape index (κ3) is 18.9. The maximum atomic E-state index is 13.1. The lowest BCUT2D eigenvalue weighted by molar-refractivity contribution is -0.402. The zero-order valence-corrected chi connectivity index (χ0v) is 54.7. The molecule has 0 aliphatic rings. The fourth-order valence-electron chi connectivity index (χ4n) is 6.55. The number of nitro benzene ring substituents is 2. The van der Waals surface area contributed by atoms with Gasteiger partial charge in [-0.25, -0.2) is 83.4 Å². The number of halogens is 33. The van der Waals surface area contributed by atoms with Gasteiger partial charge in [-0.05, 0) is 110 Å². The molecule has 0 radical (unpaired) electrons. The van der Waals surface area contributed by atoms with Gasteiger partial charge in [-0.2, -0.15) is 55.3 Å². The molecule has 0 saturated heterocycles. The number of alkyl halides is 6. The van der Waals surface area contributed by atoms with E-state index in [0.717, 1.165) is 34.6 Å². The topological polar surface area (TPSA) is 158 Å². The fourth-order valence-corrected chi connectivity index (χ4v) is 8.80. The van der Waals surface area contributed by atoms with Crippen LogP contribution in [0.25, 0.3) is 0 Å². The zero-order chi connectivity index (χ0) is 76.5. The van der Waals surface area contributed by atoms with Crippen molar-refractivity contribution < 1.29 is 133 Å². The Hall–Kier alpha value is -7.88. The Labute approximate surface area is 563 Å². The minimum atomic E-state index is -5.70. The lowest BCUT2D eigenvalue weighted by Gasteiger charge is -2.17. The standard InChI is InChI=1S/C9H3F9.C9H3F3N2.C9H6F3N.C7H3Br2F3.C7H3Cl2F3.C7H3F4I.C7H3F3N2O4/c1-2-5(10)3(8(13,14)15)7(12)4(6(2)11)9(16,17)18;1-4-7(10)5(2-13)9(12)6(3-14)8(4)11;1-4-6(3-13)9(12)8(11)5(2)7(4)10;2*1-2-5(10)3(8)7(12)4(9)6(2)11;1-2-3(8)5(10)7(12)6(11)4(2)9;1-2-3(8)6(11(13)14)5(10)7(4(2)9)12(15)16/h1H3;1H3;1-2H3;3*1H3;1H3. The number of nitrogens with zero attached hydrogens (tertiary/aromatic N) is 5. The van der Waals surface area contributed by atoms with Gasteiger partial charge in [0.05, 0.1) is 27.9 Å². The monoisotopic (exact) mass is 1700 g/mol. The van der Waals surface area contributed by atoms with Crippen molar-refractivity contribution in [2.75, 3.05) is 0 Å². The Morgan fingerprint density at radius 1 is 0.330 bits per heavy atom.